The summed E-state index contributed by atoms with van der Waals surface area (Å²) in [7, 11) is 0. The first-order valence-corrected chi connectivity index (χ1v) is 6.54. The van der Waals surface area contributed by atoms with Crippen molar-refractivity contribution in [2.24, 2.45) is 0 Å². The number of pyridine rings is 1. The Kier molecular flexibility index (Phi) is 6.36. The summed E-state index contributed by atoms with van der Waals surface area (Å²) in [4.78, 5) is 16.0. The first-order valence-electron chi connectivity index (χ1n) is 6.54. The second-order valence-corrected chi connectivity index (χ2v) is 4.63. The molecular formula is C14H23N3O. The van der Waals surface area contributed by atoms with E-state index in [1.165, 1.54) is 0 Å². The lowest BCUT2D eigenvalue weighted by Gasteiger charge is -2.13. The summed E-state index contributed by atoms with van der Waals surface area (Å²) in [5.74, 6) is 0.0450. The standard InChI is InChI=1S/C14H23N3O/c1-4-6-11(2)17-14(18)10-15-9-13-8-5-7-12(3)16-13/h5,7-8,11,15H,4,6,9-10H2,1-3H3,(H,17,18). The maximum absolute atomic E-state index is 11.6. The lowest BCUT2D eigenvalue weighted by atomic mass is 10.2. The third-order valence-corrected chi connectivity index (χ3v) is 2.67. The lowest BCUT2D eigenvalue weighted by molar-refractivity contribution is -0.120. The maximum atomic E-state index is 11.6. The van der Waals surface area contributed by atoms with Crippen LogP contribution in [0.4, 0.5) is 0 Å². The number of hydrogen-bond acceptors (Lipinski definition) is 3. The minimum Gasteiger partial charge on any atom is -0.353 e. The van der Waals surface area contributed by atoms with Gasteiger partial charge in [0.2, 0.25) is 5.91 Å². The van der Waals surface area contributed by atoms with Crippen molar-refractivity contribution >= 4 is 5.91 Å². The monoisotopic (exact) mass is 249 g/mol. The number of aryl methyl sites for hydroxylation is 1. The molecule has 1 rings (SSSR count). The van der Waals surface area contributed by atoms with E-state index in [2.05, 4.69) is 22.5 Å². The Morgan fingerprint density at radius 2 is 2.22 bits per heavy atom. The first-order chi connectivity index (χ1) is 8.61. The molecule has 0 fully saturated rings. The van der Waals surface area contributed by atoms with E-state index in [1.807, 2.05) is 32.0 Å². The number of carbonyl (C=O) groups excluding carboxylic acids is 1. The van der Waals surface area contributed by atoms with Crippen LogP contribution in [0, 0.1) is 6.92 Å². The van der Waals surface area contributed by atoms with Gasteiger partial charge in [-0.25, -0.2) is 0 Å². The fourth-order valence-corrected chi connectivity index (χ4v) is 1.83. The summed E-state index contributed by atoms with van der Waals surface area (Å²) < 4.78 is 0. The van der Waals surface area contributed by atoms with E-state index in [9.17, 15) is 4.79 Å². The molecule has 1 aromatic heterocycles. The van der Waals surface area contributed by atoms with Gasteiger partial charge in [0.15, 0.2) is 0 Å². The van der Waals surface area contributed by atoms with Gasteiger partial charge in [-0.1, -0.05) is 19.4 Å². The third kappa shape index (κ3) is 5.77. The molecule has 0 aliphatic carbocycles. The van der Waals surface area contributed by atoms with E-state index in [1.54, 1.807) is 0 Å². The van der Waals surface area contributed by atoms with Gasteiger partial charge in [0.1, 0.15) is 0 Å². The molecule has 0 bridgehead atoms. The highest BCUT2D eigenvalue weighted by molar-refractivity contribution is 5.78. The summed E-state index contributed by atoms with van der Waals surface area (Å²) in [6.07, 6.45) is 2.10. The Bertz CT molecular complexity index is 379. The maximum Gasteiger partial charge on any atom is 0.234 e. The van der Waals surface area contributed by atoms with Gasteiger partial charge in [-0.2, -0.15) is 0 Å². The minimum atomic E-state index is 0.0450. The molecule has 0 aliphatic heterocycles. The van der Waals surface area contributed by atoms with Crippen LogP contribution < -0.4 is 10.6 Å². The topological polar surface area (TPSA) is 54.0 Å². The van der Waals surface area contributed by atoms with Crippen LogP contribution in [-0.4, -0.2) is 23.5 Å². The molecule has 0 radical (unpaired) electrons. The summed E-state index contributed by atoms with van der Waals surface area (Å²) in [6.45, 7) is 7.07. The van der Waals surface area contributed by atoms with E-state index in [0.29, 0.717) is 13.1 Å². The van der Waals surface area contributed by atoms with Crippen LogP contribution in [0.15, 0.2) is 18.2 Å². The van der Waals surface area contributed by atoms with Crippen molar-refractivity contribution in [2.75, 3.05) is 6.54 Å². The molecule has 1 amide bonds. The number of amides is 1. The molecule has 1 heterocycles. The molecule has 4 nitrogen and oxygen atoms in total. The molecule has 0 saturated carbocycles. The highest BCUT2D eigenvalue weighted by Gasteiger charge is 2.05. The molecule has 0 spiro atoms. The first kappa shape index (κ1) is 14.6. The zero-order chi connectivity index (χ0) is 13.4. The molecule has 4 heteroatoms. The average Bonchev–Trinajstić information content (AvgIpc) is 2.29. The Morgan fingerprint density at radius 3 is 2.89 bits per heavy atom. The number of nitrogens with one attached hydrogen (secondary N) is 2. The number of aromatic nitrogens is 1. The second kappa shape index (κ2) is 7.82. The Balaban J connectivity index is 2.23. The SMILES string of the molecule is CCCC(C)NC(=O)CNCc1cccc(C)n1. The van der Waals surface area contributed by atoms with Crippen LogP contribution in [0.2, 0.25) is 0 Å². The van der Waals surface area contributed by atoms with Crippen molar-refractivity contribution in [2.45, 2.75) is 46.2 Å². The molecule has 1 unspecified atom stereocenters. The molecule has 2 N–H and O–H groups in total. The van der Waals surface area contributed by atoms with Crippen LogP contribution in [0.1, 0.15) is 38.1 Å². The summed E-state index contributed by atoms with van der Waals surface area (Å²) in [5, 5.41) is 6.06. The molecular weight excluding hydrogens is 226 g/mol. The van der Waals surface area contributed by atoms with Gasteiger partial charge in [0.25, 0.3) is 0 Å². The largest absolute Gasteiger partial charge is 0.353 e. The molecule has 100 valence electrons. The molecule has 0 aromatic carbocycles. The van der Waals surface area contributed by atoms with E-state index < -0.39 is 0 Å². The summed E-state index contributed by atoms with van der Waals surface area (Å²) in [6, 6.07) is 6.14. The normalized spacial score (nSPS) is 12.2. The van der Waals surface area contributed by atoms with Crippen molar-refractivity contribution < 1.29 is 4.79 Å². The van der Waals surface area contributed by atoms with Crippen LogP contribution >= 0.6 is 0 Å². The molecule has 0 aliphatic rings. The van der Waals surface area contributed by atoms with Gasteiger partial charge >= 0.3 is 0 Å². The van der Waals surface area contributed by atoms with Crippen LogP contribution in [0.5, 0.6) is 0 Å². The molecule has 18 heavy (non-hydrogen) atoms. The average molecular weight is 249 g/mol. The number of hydrogen-bond donors (Lipinski definition) is 2. The molecule has 1 aromatic rings. The van der Waals surface area contributed by atoms with Gasteiger partial charge < -0.3 is 10.6 Å². The fraction of sp³-hybridized carbons (Fsp3) is 0.571. The summed E-state index contributed by atoms with van der Waals surface area (Å²) in [5.41, 5.74) is 1.96. The Hall–Kier alpha value is -1.42. The van der Waals surface area contributed by atoms with Crippen molar-refractivity contribution in [1.82, 2.24) is 15.6 Å². The van der Waals surface area contributed by atoms with Gasteiger partial charge in [0, 0.05) is 18.3 Å². The highest BCUT2D eigenvalue weighted by atomic mass is 16.1. The molecule has 1 atom stereocenters. The second-order valence-electron chi connectivity index (χ2n) is 4.63. The fourth-order valence-electron chi connectivity index (χ4n) is 1.83. The Labute approximate surface area is 109 Å². The predicted molar refractivity (Wildman–Crippen MR) is 73.2 cm³/mol. The van der Waals surface area contributed by atoms with E-state index >= 15 is 0 Å². The van der Waals surface area contributed by atoms with Gasteiger partial charge in [-0.15, -0.1) is 0 Å². The number of rotatable bonds is 7. The van der Waals surface area contributed by atoms with E-state index in [-0.39, 0.29) is 11.9 Å². The van der Waals surface area contributed by atoms with Crippen molar-refractivity contribution in [1.29, 1.82) is 0 Å². The van der Waals surface area contributed by atoms with Crippen LogP contribution in [-0.2, 0) is 11.3 Å². The zero-order valence-corrected chi connectivity index (χ0v) is 11.5. The van der Waals surface area contributed by atoms with Crippen molar-refractivity contribution in [3.05, 3.63) is 29.6 Å². The zero-order valence-electron chi connectivity index (χ0n) is 11.5. The smallest absolute Gasteiger partial charge is 0.234 e. The summed E-state index contributed by atoms with van der Waals surface area (Å²) >= 11 is 0. The van der Waals surface area contributed by atoms with E-state index in [0.717, 1.165) is 24.2 Å². The van der Waals surface area contributed by atoms with E-state index in [4.69, 9.17) is 0 Å². The van der Waals surface area contributed by atoms with Gasteiger partial charge in [-0.3, -0.25) is 9.78 Å². The number of carbonyl (C=O) groups is 1. The highest BCUT2D eigenvalue weighted by Crippen LogP contribution is 1.97. The Morgan fingerprint density at radius 1 is 1.44 bits per heavy atom. The van der Waals surface area contributed by atoms with Crippen molar-refractivity contribution in [3.8, 4) is 0 Å². The van der Waals surface area contributed by atoms with Gasteiger partial charge in [0.05, 0.1) is 12.2 Å². The van der Waals surface area contributed by atoms with Crippen molar-refractivity contribution in [3.63, 3.8) is 0 Å². The third-order valence-electron chi connectivity index (χ3n) is 2.67. The minimum absolute atomic E-state index is 0.0450. The van der Waals surface area contributed by atoms with Crippen LogP contribution in [0.3, 0.4) is 0 Å². The lowest BCUT2D eigenvalue weighted by Crippen LogP contribution is -2.38. The molecule has 0 saturated heterocycles. The quantitative estimate of drug-likeness (QED) is 0.774. The van der Waals surface area contributed by atoms with Gasteiger partial charge in [-0.05, 0) is 32.4 Å². The number of nitrogens with zero attached hydrogens (tertiary/aromatic N) is 1. The predicted octanol–water partition coefficient (Wildman–Crippen LogP) is 1.78. The van der Waals surface area contributed by atoms with Crippen LogP contribution in [0.25, 0.3) is 0 Å².